The zero-order chi connectivity index (χ0) is 8.32. The third kappa shape index (κ3) is 1.37. The number of hydrogen-bond donors (Lipinski definition) is 0. The van der Waals surface area contributed by atoms with Crippen LogP contribution in [0.5, 0.6) is 0 Å². The number of hydrogen-bond acceptors (Lipinski definition) is 2. The average molecular weight is 154 g/mol. The summed E-state index contributed by atoms with van der Waals surface area (Å²) in [7, 11) is 3.30. The zero-order valence-electron chi connectivity index (χ0n) is 7.26. The minimum Gasteiger partial charge on any atom is -0.346 e. The maximum atomic E-state index is 5.26. The van der Waals surface area contributed by atoms with Crippen molar-refractivity contribution < 1.29 is 9.47 Å². The lowest BCUT2D eigenvalue weighted by Gasteiger charge is -2.30. The Labute approximate surface area is 67.5 Å². The molecule has 1 aliphatic rings. The van der Waals surface area contributed by atoms with Gasteiger partial charge in [0.05, 0.1) is 0 Å². The van der Waals surface area contributed by atoms with Crippen molar-refractivity contribution in [2.75, 3.05) is 14.2 Å². The summed E-state index contributed by atoms with van der Waals surface area (Å²) in [6.45, 7) is 2.01. The first-order chi connectivity index (χ1) is 5.25. The first-order valence-electron chi connectivity index (χ1n) is 3.70. The van der Waals surface area contributed by atoms with E-state index in [1.54, 1.807) is 14.2 Å². The second kappa shape index (κ2) is 3.20. The summed E-state index contributed by atoms with van der Waals surface area (Å²) in [4.78, 5) is 0. The molecule has 2 nitrogen and oxygen atoms in total. The highest BCUT2D eigenvalue weighted by atomic mass is 16.7. The second-order valence-corrected chi connectivity index (χ2v) is 2.60. The molecule has 0 aromatic heterocycles. The minimum atomic E-state index is -0.599. The third-order valence-electron chi connectivity index (χ3n) is 2.05. The Morgan fingerprint density at radius 1 is 1.36 bits per heavy atom. The molecule has 0 N–H and O–H groups in total. The van der Waals surface area contributed by atoms with E-state index in [2.05, 4.69) is 6.08 Å². The molecule has 2 heteroatoms. The molecule has 0 atom stereocenters. The van der Waals surface area contributed by atoms with Gasteiger partial charge in [0.25, 0.3) is 0 Å². The van der Waals surface area contributed by atoms with Gasteiger partial charge in [0.1, 0.15) is 0 Å². The van der Waals surface area contributed by atoms with E-state index >= 15 is 0 Å². The highest BCUT2D eigenvalue weighted by molar-refractivity contribution is 5.24. The van der Waals surface area contributed by atoms with E-state index in [9.17, 15) is 0 Å². The number of rotatable bonds is 2. The summed E-state index contributed by atoms with van der Waals surface area (Å²) >= 11 is 0. The molecule has 0 aliphatic heterocycles. The highest BCUT2D eigenvalue weighted by Gasteiger charge is 2.29. The van der Waals surface area contributed by atoms with E-state index in [4.69, 9.17) is 9.47 Å². The molecular weight excluding hydrogens is 140 g/mol. The van der Waals surface area contributed by atoms with Gasteiger partial charge >= 0.3 is 0 Å². The summed E-state index contributed by atoms with van der Waals surface area (Å²) in [5, 5.41) is 0. The molecule has 1 rings (SSSR count). The molecule has 0 unspecified atom stereocenters. The van der Waals surface area contributed by atoms with Crippen LogP contribution in [0.4, 0.5) is 0 Å². The summed E-state index contributed by atoms with van der Waals surface area (Å²) in [6, 6.07) is 0. The smallest absolute Gasteiger partial charge is 0.210 e. The minimum absolute atomic E-state index is 0.599. The van der Waals surface area contributed by atoms with E-state index in [-0.39, 0.29) is 0 Å². The maximum Gasteiger partial charge on any atom is 0.210 e. The standard InChI is InChI=1S/C9H14O2/c1-8-6-4-5-7-9(8,10-2)11-3/h5-7H,4H2,1-3H3. The number of methoxy groups -OCH3 is 2. The predicted molar refractivity (Wildman–Crippen MR) is 44.3 cm³/mol. The van der Waals surface area contributed by atoms with E-state index in [1.165, 1.54) is 0 Å². The van der Waals surface area contributed by atoms with Crippen molar-refractivity contribution in [2.45, 2.75) is 19.1 Å². The average Bonchev–Trinajstić information content (AvgIpc) is 2.06. The molecule has 0 radical (unpaired) electrons. The van der Waals surface area contributed by atoms with Gasteiger partial charge in [0.2, 0.25) is 5.79 Å². The molecule has 11 heavy (non-hydrogen) atoms. The monoisotopic (exact) mass is 154 g/mol. The van der Waals surface area contributed by atoms with Crippen LogP contribution in [-0.2, 0) is 9.47 Å². The quantitative estimate of drug-likeness (QED) is 0.446. The zero-order valence-corrected chi connectivity index (χ0v) is 7.26. The van der Waals surface area contributed by atoms with Crippen molar-refractivity contribution in [2.24, 2.45) is 0 Å². The van der Waals surface area contributed by atoms with Crippen molar-refractivity contribution in [3.05, 3.63) is 23.8 Å². The van der Waals surface area contributed by atoms with Gasteiger partial charge in [0, 0.05) is 14.2 Å². The van der Waals surface area contributed by atoms with Crippen molar-refractivity contribution in [3.8, 4) is 0 Å². The highest BCUT2D eigenvalue weighted by Crippen LogP contribution is 2.27. The molecule has 0 saturated carbocycles. The molecule has 0 bridgehead atoms. The van der Waals surface area contributed by atoms with Crippen molar-refractivity contribution >= 4 is 0 Å². The van der Waals surface area contributed by atoms with Gasteiger partial charge in [0.15, 0.2) is 0 Å². The molecule has 0 aromatic rings. The molecular formula is C9H14O2. The predicted octanol–water partition coefficient (Wildman–Crippen LogP) is 1.88. The van der Waals surface area contributed by atoms with Crippen LogP contribution in [0.2, 0.25) is 0 Å². The Morgan fingerprint density at radius 2 is 2.00 bits per heavy atom. The molecule has 0 heterocycles. The molecule has 0 fully saturated rings. The maximum absolute atomic E-state index is 5.26. The van der Waals surface area contributed by atoms with Gasteiger partial charge in [-0.1, -0.05) is 12.2 Å². The van der Waals surface area contributed by atoms with Crippen LogP contribution < -0.4 is 0 Å². The van der Waals surface area contributed by atoms with Crippen LogP contribution in [0.15, 0.2) is 23.8 Å². The third-order valence-corrected chi connectivity index (χ3v) is 2.05. The summed E-state index contributed by atoms with van der Waals surface area (Å²) in [5.41, 5.74) is 1.12. The Kier molecular flexibility index (Phi) is 2.47. The fourth-order valence-electron chi connectivity index (χ4n) is 1.28. The van der Waals surface area contributed by atoms with Crippen LogP contribution in [0.25, 0.3) is 0 Å². The van der Waals surface area contributed by atoms with Crippen LogP contribution in [-0.4, -0.2) is 20.0 Å². The van der Waals surface area contributed by atoms with Crippen molar-refractivity contribution in [1.29, 1.82) is 0 Å². The van der Waals surface area contributed by atoms with Crippen molar-refractivity contribution in [3.63, 3.8) is 0 Å². The largest absolute Gasteiger partial charge is 0.346 e. The van der Waals surface area contributed by atoms with Crippen molar-refractivity contribution in [1.82, 2.24) is 0 Å². The van der Waals surface area contributed by atoms with Crippen LogP contribution in [0, 0.1) is 0 Å². The van der Waals surface area contributed by atoms with E-state index in [0.29, 0.717) is 0 Å². The van der Waals surface area contributed by atoms with Gasteiger partial charge < -0.3 is 9.47 Å². The van der Waals surface area contributed by atoms with Crippen LogP contribution in [0.3, 0.4) is 0 Å². The van der Waals surface area contributed by atoms with Gasteiger partial charge in [-0.05, 0) is 25.0 Å². The lowest BCUT2D eigenvalue weighted by Crippen LogP contribution is -2.33. The molecule has 62 valence electrons. The molecule has 0 aromatic carbocycles. The Morgan fingerprint density at radius 3 is 2.36 bits per heavy atom. The Balaban J connectivity index is 2.87. The fraction of sp³-hybridized carbons (Fsp3) is 0.556. The number of ether oxygens (including phenoxy) is 2. The molecule has 0 amide bonds. The SMILES string of the molecule is COC1(OC)C=CCC=C1C. The topological polar surface area (TPSA) is 18.5 Å². The van der Waals surface area contributed by atoms with E-state index in [1.807, 2.05) is 19.1 Å². The normalized spacial score (nSPS) is 21.5. The summed E-state index contributed by atoms with van der Waals surface area (Å²) < 4.78 is 10.5. The molecule has 0 saturated heterocycles. The first kappa shape index (κ1) is 8.50. The van der Waals surface area contributed by atoms with Gasteiger partial charge in [-0.2, -0.15) is 0 Å². The number of allylic oxidation sites excluding steroid dienone is 2. The van der Waals surface area contributed by atoms with E-state index in [0.717, 1.165) is 12.0 Å². The Bertz CT molecular complexity index is 188. The summed E-state index contributed by atoms with van der Waals surface area (Å²) in [6.07, 6.45) is 7.07. The fourth-order valence-corrected chi connectivity index (χ4v) is 1.28. The van der Waals surface area contributed by atoms with Crippen LogP contribution >= 0.6 is 0 Å². The molecule has 1 aliphatic carbocycles. The lowest BCUT2D eigenvalue weighted by molar-refractivity contribution is -0.142. The first-order valence-corrected chi connectivity index (χ1v) is 3.70. The van der Waals surface area contributed by atoms with Gasteiger partial charge in [-0.3, -0.25) is 0 Å². The summed E-state index contributed by atoms with van der Waals surface area (Å²) in [5.74, 6) is -0.599. The lowest BCUT2D eigenvalue weighted by atomic mass is 10.0. The Hall–Kier alpha value is -0.600. The van der Waals surface area contributed by atoms with E-state index < -0.39 is 5.79 Å². The molecule has 0 spiro atoms. The van der Waals surface area contributed by atoms with Crippen LogP contribution in [0.1, 0.15) is 13.3 Å². The second-order valence-electron chi connectivity index (χ2n) is 2.60. The van der Waals surface area contributed by atoms with Gasteiger partial charge in [-0.25, -0.2) is 0 Å². The van der Waals surface area contributed by atoms with Gasteiger partial charge in [-0.15, -0.1) is 0 Å².